The van der Waals surface area contributed by atoms with Crippen molar-refractivity contribution in [1.82, 2.24) is 4.98 Å². The molecule has 0 radical (unpaired) electrons. The topological polar surface area (TPSA) is 193 Å². The molecule has 10 unspecified atom stereocenters. The molecule has 4 rings (SSSR count). The zero-order valence-corrected chi connectivity index (χ0v) is 18.9. The number of aliphatic hydroxyl groups is 8. The summed E-state index contributed by atoms with van der Waals surface area (Å²) in [6.07, 6.45) is -10.3. The lowest BCUT2D eigenvalue weighted by molar-refractivity contribution is -0.214. The monoisotopic (exact) mass is 501 g/mol. The van der Waals surface area contributed by atoms with Crippen molar-refractivity contribution in [3.63, 3.8) is 0 Å². The Labute approximate surface area is 206 Å². The van der Waals surface area contributed by atoms with Crippen molar-refractivity contribution in [3.05, 3.63) is 41.7 Å². The van der Waals surface area contributed by atoms with E-state index in [0.717, 1.165) is 0 Å². The number of ether oxygens (including phenoxy) is 2. The molecular formula is C25H27NO10. The number of fused-ring (bicyclic) bond motifs is 1. The van der Waals surface area contributed by atoms with E-state index in [2.05, 4.69) is 28.7 Å². The van der Waals surface area contributed by atoms with Gasteiger partial charge in [0.25, 0.3) is 0 Å². The lowest BCUT2D eigenvalue weighted by Gasteiger charge is -2.37. The predicted molar refractivity (Wildman–Crippen MR) is 123 cm³/mol. The summed E-state index contributed by atoms with van der Waals surface area (Å²) in [5.74, 6) is 11.2. The van der Waals surface area contributed by atoms with Crippen molar-refractivity contribution in [2.75, 3.05) is 13.2 Å². The van der Waals surface area contributed by atoms with Crippen LogP contribution in [-0.2, 0) is 9.47 Å². The first-order valence-corrected chi connectivity index (χ1v) is 11.3. The first-order chi connectivity index (χ1) is 17.3. The van der Waals surface area contributed by atoms with E-state index in [1.165, 1.54) is 0 Å². The zero-order valence-electron chi connectivity index (χ0n) is 18.9. The average molecular weight is 501 g/mol. The van der Waals surface area contributed by atoms with E-state index in [1.807, 2.05) is 0 Å². The first-order valence-electron chi connectivity index (χ1n) is 11.3. The molecule has 0 amide bonds. The van der Waals surface area contributed by atoms with Crippen molar-refractivity contribution in [2.24, 2.45) is 0 Å². The van der Waals surface area contributed by atoms with Gasteiger partial charge in [-0.2, -0.15) is 0 Å². The Morgan fingerprint density at radius 2 is 1.11 bits per heavy atom. The molecule has 36 heavy (non-hydrogen) atoms. The van der Waals surface area contributed by atoms with Gasteiger partial charge in [0, 0.05) is 34.3 Å². The van der Waals surface area contributed by atoms with Crippen LogP contribution in [0.3, 0.4) is 0 Å². The first kappa shape index (κ1) is 26.4. The van der Waals surface area contributed by atoms with E-state index in [4.69, 9.17) is 9.47 Å². The highest BCUT2D eigenvalue weighted by molar-refractivity contribution is 5.92. The lowest BCUT2D eigenvalue weighted by Crippen LogP contribution is -2.58. The summed E-state index contributed by atoms with van der Waals surface area (Å²) in [4.78, 5) is 4.12. The van der Waals surface area contributed by atoms with Gasteiger partial charge in [0.1, 0.15) is 61.0 Å². The van der Waals surface area contributed by atoms with Gasteiger partial charge in [0.05, 0.1) is 13.2 Å². The number of aromatic nitrogens is 1. The quantitative estimate of drug-likeness (QED) is 0.191. The third-order valence-electron chi connectivity index (χ3n) is 6.30. The number of hydrogen-bond donors (Lipinski definition) is 8. The van der Waals surface area contributed by atoms with Crippen molar-refractivity contribution in [1.29, 1.82) is 0 Å². The minimum Gasteiger partial charge on any atom is -0.394 e. The van der Waals surface area contributed by atoms with Crippen LogP contribution in [0.5, 0.6) is 0 Å². The fourth-order valence-electron chi connectivity index (χ4n) is 4.15. The Kier molecular flexibility index (Phi) is 8.20. The molecule has 1 aromatic carbocycles. The van der Waals surface area contributed by atoms with E-state index in [1.54, 1.807) is 30.6 Å². The van der Waals surface area contributed by atoms with E-state index < -0.39 is 74.3 Å². The van der Waals surface area contributed by atoms with E-state index in [0.29, 0.717) is 21.9 Å². The van der Waals surface area contributed by atoms with Crippen molar-refractivity contribution in [3.8, 4) is 23.7 Å². The fourth-order valence-corrected chi connectivity index (χ4v) is 4.15. The smallest absolute Gasteiger partial charge is 0.147 e. The van der Waals surface area contributed by atoms with Crippen LogP contribution in [0.15, 0.2) is 30.6 Å². The molecule has 2 aliphatic rings. The number of nitrogens with zero attached hydrogens (tertiary/aromatic N) is 1. The van der Waals surface area contributed by atoms with E-state index in [-0.39, 0.29) is 0 Å². The van der Waals surface area contributed by atoms with Crippen LogP contribution in [-0.4, -0.2) is 120 Å². The van der Waals surface area contributed by atoms with Gasteiger partial charge in [0.15, 0.2) is 0 Å². The summed E-state index contributed by atoms with van der Waals surface area (Å²) in [6, 6.07) is 5.01. The molecule has 2 saturated heterocycles. The number of aliphatic hydroxyl groups excluding tert-OH is 8. The second-order valence-corrected chi connectivity index (χ2v) is 8.62. The largest absolute Gasteiger partial charge is 0.394 e. The summed E-state index contributed by atoms with van der Waals surface area (Å²) in [6.45, 7) is -1.11. The summed E-state index contributed by atoms with van der Waals surface area (Å²) in [5.41, 5.74) is 1.04. The Hall–Kier alpha value is -2.65. The van der Waals surface area contributed by atoms with Gasteiger partial charge in [0.2, 0.25) is 0 Å². The molecule has 8 N–H and O–H groups in total. The summed E-state index contributed by atoms with van der Waals surface area (Å²) >= 11 is 0. The van der Waals surface area contributed by atoms with E-state index in [9.17, 15) is 40.9 Å². The highest BCUT2D eigenvalue weighted by atomic mass is 16.5. The molecule has 1 aromatic heterocycles. The standard InChI is InChI=1S/C25H27NO10/c27-10-18-22(31)24(33)20(29)16(35-18)5-3-12-1-2-13(15-9-26-8-7-14(12)15)4-6-17-21(30)25(34)23(32)19(11-28)36-17/h1-2,7-9,16-25,27-34H,10-11H2. The molecule has 0 bridgehead atoms. The third kappa shape index (κ3) is 5.09. The summed E-state index contributed by atoms with van der Waals surface area (Å²) in [5, 5.41) is 80.2. The molecule has 11 heteroatoms. The van der Waals surface area contributed by atoms with Crippen molar-refractivity contribution >= 4 is 10.8 Å². The van der Waals surface area contributed by atoms with Crippen LogP contribution >= 0.6 is 0 Å². The van der Waals surface area contributed by atoms with Gasteiger partial charge < -0.3 is 50.3 Å². The minimum absolute atomic E-state index is 0.508. The summed E-state index contributed by atoms with van der Waals surface area (Å²) < 4.78 is 10.8. The summed E-state index contributed by atoms with van der Waals surface area (Å²) in [7, 11) is 0. The van der Waals surface area contributed by atoms with E-state index >= 15 is 0 Å². The average Bonchev–Trinajstić information content (AvgIpc) is 2.90. The van der Waals surface area contributed by atoms with Crippen molar-refractivity contribution < 1.29 is 50.3 Å². The van der Waals surface area contributed by atoms with Crippen molar-refractivity contribution in [2.45, 2.75) is 61.0 Å². The van der Waals surface area contributed by atoms with Crippen LogP contribution in [0.2, 0.25) is 0 Å². The molecule has 0 spiro atoms. The fraction of sp³-hybridized carbons (Fsp3) is 0.480. The molecular weight excluding hydrogens is 474 g/mol. The molecule has 10 atom stereocenters. The minimum atomic E-state index is -1.53. The van der Waals surface area contributed by atoms with Crippen LogP contribution < -0.4 is 0 Å². The number of rotatable bonds is 2. The van der Waals surface area contributed by atoms with Gasteiger partial charge >= 0.3 is 0 Å². The van der Waals surface area contributed by atoms with Crippen LogP contribution in [0.4, 0.5) is 0 Å². The van der Waals surface area contributed by atoms with Crippen LogP contribution in [0.25, 0.3) is 10.8 Å². The molecule has 0 saturated carbocycles. The predicted octanol–water partition coefficient (Wildman–Crippen LogP) is -3.38. The van der Waals surface area contributed by atoms with Gasteiger partial charge in [-0.05, 0) is 18.2 Å². The Morgan fingerprint density at radius 3 is 1.58 bits per heavy atom. The van der Waals surface area contributed by atoms with Gasteiger partial charge in [-0.25, -0.2) is 0 Å². The van der Waals surface area contributed by atoms with Gasteiger partial charge in [-0.1, -0.05) is 23.7 Å². The van der Waals surface area contributed by atoms with Gasteiger partial charge in [-0.15, -0.1) is 0 Å². The molecule has 2 aromatic rings. The van der Waals surface area contributed by atoms with Gasteiger partial charge in [-0.3, -0.25) is 4.98 Å². The molecule has 3 heterocycles. The number of hydrogen-bond acceptors (Lipinski definition) is 11. The van der Waals surface area contributed by atoms with Crippen LogP contribution in [0.1, 0.15) is 11.1 Å². The molecule has 192 valence electrons. The molecule has 0 aliphatic carbocycles. The zero-order chi connectivity index (χ0) is 26.0. The second-order valence-electron chi connectivity index (χ2n) is 8.62. The maximum atomic E-state index is 10.2. The SMILES string of the molecule is OCC1OC(C#Cc2ccc(C#CC3OC(CO)C(O)C(O)C3O)c3cnccc23)C(O)C(O)C1O. The highest BCUT2D eigenvalue weighted by Gasteiger charge is 2.43. The van der Waals surface area contributed by atoms with Crippen LogP contribution in [0, 0.1) is 23.7 Å². The molecule has 2 fully saturated rings. The second kappa shape index (κ2) is 11.2. The number of benzene rings is 1. The normalized spacial score (nSPS) is 36.4. The Bertz CT molecular complexity index is 1100. The highest BCUT2D eigenvalue weighted by Crippen LogP contribution is 2.24. The lowest BCUT2D eigenvalue weighted by atomic mass is 9.94. The molecule has 11 nitrogen and oxygen atoms in total. The molecule has 2 aliphatic heterocycles. The number of pyridine rings is 1. The Morgan fingerprint density at radius 1 is 0.639 bits per heavy atom. The maximum Gasteiger partial charge on any atom is 0.147 e. The maximum absolute atomic E-state index is 10.2. The third-order valence-corrected chi connectivity index (χ3v) is 6.30. The Balaban J connectivity index is 1.63.